The van der Waals surface area contributed by atoms with Crippen molar-refractivity contribution in [3.63, 3.8) is 0 Å². The van der Waals surface area contributed by atoms with Crippen LogP contribution >= 0.6 is 15.9 Å². The molecule has 1 aromatic heterocycles. The molecule has 0 fully saturated rings. The maximum absolute atomic E-state index is 12.2. The van der Waals surface area contributed by atoms with Gasteiger partial charge in [-0.3, -0.25) is 0 Å². The van der Waals surface area contributed by atoms with Crippen molar-refractivity contribution in [2.45, 2.75) is 0 Å². The average Bonchev–Trinajstić information content (AvgIpc) is 2.73. The number of hydrogen-bond acceptors (Lipinski definition) is 2. The molecule has 5 heteroatoms. The van der Waals surface area contributed by atoms with Gasteiger partial charge in [-0.1, -0.05) is 48.5 Å². The normalized spacial score (nSPS) is 11.9. The molecular formula is C15H12BrNO2S. The lowest BCUT2D eigenvalue weighted by molar-refractivity contribution is 0.595. The summed E-state index contributed by atoms with van der Waals surface area (Å²) in [6.07, 6.45) is 1.22. The summed E-state index contributed by atoms with van der Waals surface area (Å²) in [5, 5.41) is 0.886. The van der Waals surface area contributed by atoms with E-state index in [2.05, 4.69) is 15.9 Å². The van der Waals surface area contributed by atoms with Crippen LogP contribution in [0.4, 0.5) is 0 Å². The fourth-order valence-corrected chi connectivity index (χ4v) is 4.26. The molecule has 3 nitrogen and oxygen atoms in total. The van der Waals surface area contributed by atoms with Crippen LogP contribution in [0.1, 0.15) is 0 Å². The number of aromatic nitrogens is 1. The highest BCUT2D eigenvalue weighted by Gasteiger charge is 2.21. The van der Waals surface area contributed by atoms with E-state index in [0.29, 0.717) is 11.2 Å². The van der Waals surface area contributed by atoms with Crippen LogP contribution in [0.3, 0.4) is 0 Å². The van der Waals surface area contributed by atoms with Crippen LogP contribution in [0.15, 0.2) is 59.1 Å². The third-order valence-electron chi connectivity index (χ3n) is 3.15. The Balaban J connectivity index is 2.51. The Hall–Kier alpha value is -1.59. The van der Waals surface area contributed by atoms with Crippen LogP contribution in [0.2, 0.25) is 0 Å². The molecule has 0 bridgehead atoms. The zero-order valence-electron chi connectivity index (χ0n) is 10.7. The SMILES string of the molecule is CS(=O)(=O)n1c(-c2ccccc2)c(Br)c2ccccc21. The van der Waals surface area contributed by atoms with Gasteiger partial charge < -0.3 is 0 Å². The minimum atomic E-state index is -3.40. The third kappa shape index (κ3) is 2.07. The molecule has 0 radical (unpaired) electrons. The number of rotatable bonds is 2. The summed E-state index contributed by atoms with van der Waals surface area (Å²) in [7, 11) is -3.40. The first-order valence-corrected chi connectivity index (χ1v) is 8.69. The maximum atomic E-state index is 12.2. The topological polar surface area (TPSA) is 39.1 Å². The number of fused-ring (bicyclic) bond motifs is 1. The second kappa shape index (κ2) is 4.75. The first kappa shape index (κ1) is 13.4. The zero-order chi connectivity index (χ0) is 14.3. The molecule has 102 valence electrons. The zero-order valence-corrected chi connectivity index (χ0v) is 13.1. The van der Waals surface area contributed by atoms with E-state index >= 15 is 0 Å². The Labute approximate surface area is 126 Å². The van der Waals surface area contributed by atoms with Crippen LogP contribution in [-0.4, -0.2) is 18.6 Å². The predicted octanol–water partition coefficient (Wildman–Crippen LogP) is 3.88. The second-order valence-corrected chi connectivity index (χ2v) is 7.20. The van der Waals surface area contributed by atoms with Gasteiger partial charge in [-0.05, 0) is 22.0 Å². The highest BCUT2D eigenvalue weighted by Crippen LogP contribution is 2.38. The van der Waals surface area contributed by atoms with Gasteiger partial charge in [-0.15, -0.1) is 0 Å². The number of hydrogen-bond donors (Lipinski definition) is 0. The van der Waals surface area contributed by atoms with Crippen LogP contribution in [0, 0.1) is 0 Å². The molecule has 0 saturated heterocycles. The molecular weight excluding hydrogens is 338 g/mol. The summed E-state index contributed by atoms with van der Waals surface area (Å²) in [6.45, 7) is 0. The minimum absolute atomic E-state index is 0.661. The maximum Gasteiger partial charge on any atom is 0.236 e. The van der Waals surface area contributed by atoms with Crippen molar-refractivity contribution in [2.75, 3.05) is 6.26 Å². The molecule has 3 aromatic rings. The van der Waals surface area contributed by atoms with Crippen LogP contribution in [0.25, 0.3) is 22.2 Å². The molecule has 2 aromatic carbocycles. The van der Waals surface area contributed by atoms with Crippen molar-refractivity contribution in [2.24, 2.45) is 0 Å². The molecule has 0 saturated carbocycles. The Morgan fingerprint density at radius 3 is 2.20 bits per heavy atom. The van der Waals surface area contributed by atoms with Gasteiger partial charge >= 0.3 is 0 Å². The van der Waals surface area contributed by atoms with Crippen LogP contribution in [0.5, 0.6) is 0 Å². The first-order valence-electron chi connectivity index (χ1n) is 6.05. The lowest BCUT2D eigenvalue weighted by Crippen LogP contribution is -2.11. The van der Waals surface area contributed by atoms with Gasteiger partial charge in [-0.2, -0.15) is 0 Å². The molecule has 0 spiro atoms. The molecule has 0 atom stereocenters. The van der Waals surface area contributed by atoms with Gasteiger partial charge in [-0.25, -0.2) is 12.4 Å². The van der Waals surface area contributed by atoms with E-state index in [1.54, 1.807) is 0 Å². The van der Waals surface area contributed by atoms with Gasteiger partial charge in [0.25, 0.3) is 0 Å². The molecule has 0 aliphatic heterocycles. The summed E-state index contributed by atoms with van der Waals surface area (Å²) in [5.41, 5.74) is 2.20. The lowest BCUT2D eigenvalue weighted by atomic mass is 10.1. The molecule has 3 rings (SSSR count). The molecule has 0 aliphatic carbocycles. The Morgan fingerprint density at radius 1 is 0.950 bits per heavy atom. The van der Waals surface area contributed by atoms with E-state index in [-0.39, 0.29) is 0 Å². The van der Waals surface area contributed by atoms with Gasteiger partial charge in [0.15, 0.2) is 0 Å². The molecule has 0 unspecified atom stereocenters. The summed E-state index contributed by atoms with van der Waals surface area (Å²) < 4.78 is 26.6. The van der Waals surface area contributed by atoms with Crippen molar-refractivity contribution in [3.8, 4) is 11.3 Å². The summed E-state index contributed by atoms with van der Waals surface area (Å²) in [4.78, 5) is 0. The van der Waals surface area contributed by atoms with Gasteiger partial charge in [0.2, 0.25) is 10.0 Å². The molecule has 20 heavy (non-hydrogen) atoms. The predicted molar refractivity (Wildman–Crippen MR) is 85.3 cm³/mol. The quantitative estimate of drug-likeness (QED) is 0.704. The second-order valence-electron chi connectivity index (χ2n) is 4.57. The lowest BCUT2D eigenvalue weighted by Gasteiger charge is -2.08. The fourth-order valence-electron chi connectivity index (χ4n) is 2.36. The van der Waals surface area contributed by atoms with Crippen molar-refractivity contribution < 1.29 is 8.42 Å². The highest BCUT2D eigenvalue weighted by molar-refractivity contribution is 9.10. The average molecular weight is 350 g/mol. The van der Waals surface area contributed by atoms with E-state index in [9.17, 15) is 8.42 Å². The van der Waals surface area contributed by atoms with Gasteiger partial charge in [0.1, 0.15) is 0 Å². The van der Waals surface area contributed by atoms with Crippen molar-refractivity contribution in [1.29, 1.82) is 0 Å². The Bertz CT molecular complexity index is 883. The summed E-state index contributed by atoms with van der Waals surface area (Å²) >= 11 is 3.55. The highest BCUT2D eigenvalue weighted by atomic mass is 79.9. The van der Waals surface area contributed by atoms with E-state index < -0.39 is 10.0 Å². The van der Waals surface area contributed by atoms with Crippen molar-refractivity contribution in [1.82, 2.24) is 3.97 Å². The number of nitrogens with zero attached hydrogens (tertiary/aromatic N) is 1. The molecule has 1 heterocycles. The minimum Gasteiger partial charge on any atom is -0.236 e. The number of para-hydroxylation sites is 1. The standard InChI is InChI=1S/C15H12BrNO2S/c1-20(18,19)17-13-10-6-5-9-12(13)14(16)15(17)11-7-3-2-4-8-11/h2-10H,1H3. The van der Waals surface area contributed by atoms with E-state index in [0.717, 1.165) is 15.4 Å². The van der Waals surface area contributed by atoms with E-state index in [4.69, 9.17) is 0 Å². The smallest absolute Gasteiger partial charge is 0.236 e. The van der Waals surface area contributed by atoms with Crippen LogP contribution < -0.4 is 0 Å². The first-order chi connectivity index (χ1) is 9.50. The monoisotopic (exact) mass is 349 g/mol. The van der Waals surface area contributed by atoms with Crippen molar-refractivity contribution in [3.05, 3.63) is 59.1 Å². The Morgan fingerprint density at radius 2 is 1.55 bits per heavy atom. The summed E-state index contributed by atoms with van der Waals surface area (Å²) in [5.74, 6) is 0. The van der Waals surface area contributed by atoms with Gasteiger partial charge in [0, 0.05) is 10.9 Å². The molecule has 0 amide bonds. The fraction of sp³-hybridized carbons (Fsp3) is 0.0667. The van der Waals surface area contributed by atoms with E-state index in [1.165, 1.54) is 10.2 Å². The van der Waals surface area contributed by atoms with Crippen molar-refractivity contribution >= 4 is 36.9 Å². The van der Waals surface area contributed by atoms with E-state index in [1.807, 2.05) is 54.6 Å². The largest absolute Gasteiger partial charge is 0.236 e. The summed E-state index contributed by atoms with van der Waals surface area (Å²) in [6, 6.07) is 17.0. The third-order valence-corrected chi connectivity index (χ3v) is 4.99. The molecule has 0 aliphatic rings. The Kier molecular flexibility index (Phi) is 3.18. The number of benzene rings is 2. The number of halogens is 1. The molecule has 0 N–H and O–H groups in total. The van der Waals surface area contributed by atoms with Gasteiger partial charge in [0.05, 0.1) is 21.9 Å². The van der Waals surface area contributed by atoms with Crippen LogP contribution in [-0.2, 0) is 10.0 Å².